The van der Waals surface area contributed by atoms with Crippen molar-refractivity contribution in [1.82, 2.24) is 10.3 Å². The Labute approximate surface area is 153 Å². The van der Waals surface area contributed by atoms with Crippen molar-refractivity contribution < 1.29 is 9.53 Å². The number of nitrogens with one attached hydrogen (secondary N) is 1. The molecule has 128 valence electrons. The minimum absolute atomic E-state index is 0.114. The molecule has 7 heteroatoms. The van der Waals surface area contributed by atoms with Crippen LogP contribution in [0, 0.1) is 0 Å². The fourth-order valence-corrected chi connectivity index (χ4v) is 4.37. The summed E-state index contributed by atoms with van der Waals surface area (Å²) in [7, 11) is 1.63. The van der Waals surface area contributed by atoms with E-state index in [1.54, 1.807) is 29.7 Å². The van der Waals surface area contributed by atoms with Crippen LogP contribution in [0.5, 0.6) is 5.75 Å². The van der Waals surface area contributed by atoms with E-state index >= 15 is 0 Å². The Kier molecular flexibility index (Phi) is 4.42. The number of carbonyl (C=O) groups is 1. The molecular weight excluding hydrogens is 354 g/mol. The number of hydrogen-bond donors (Lipinski definition) is 1. The van der Waals surface area contributed by atoms with Crippen molar-refractivity contribution >= 4 is 34.3 Å². The summed E-state index contributed by atoms with van der Waals surface area (Å²) in [5.41, 5.74) is 3.15. The number of benzene rings is 1. The molecular formula is C18H17N3O2S2. The SMILES string of the molecule is CNC(=O)[C@H]1CN(Cc2csc(-c3ccsc3)n2)c2ccccc2O1. The highest BCUT2D eigenvalue weighted by molar-refractivity contribution is 7.14. The fraction of sp³-hybridized carbons (Fsp3) is 0.222. The van der Waals surface area contributed by atoms with Crippen molar-refractivity contribution in [2.24, 2.45) is 0 Å². The van der Waals surface area contributed by atoms with Gasteiger partial charge in [0.25, 0.3) is 5.91 Å². The number of fused-ring (bicyclic) bond motifs is 1. The highest BCUT2D eigenvalue weighted by Crippen LogP contribution is 2.34. The van der Waals surface area contributed by atoms with Gasteiger partial charge in [0.05, 0.1) is 24.5 Å². The Morgan fingerprint density at radius 2 is 2.24 bits per heavy atom. The van der Waals surface area contributed by atoms with Crippen molar-refractivity contribution in [2.75, 3.05) is 18.5 Å². The molecule has 0 bridgehead atoms. The van der Waals surface area contributed by atoms with Crippen LogP contribution in [0.1, 0.15) is 5.69 Å². The molecule has 1 N–H and O–H groups in total. The Morgan fingerprint density at radius 3 is 3.04 bits per heavy atom. The number of aromatic nitrogens is 1. The number of para-hydroxylation sites is 2. The number of rotatable bonds is 4. The Hall–Kier alpha value is -2.38. The van der Waals surface area contributed by atoms with Gasteiger partial charge in [0, 0.05) is 23.4 Å². The first-order valence-electron chi connectivity index (χ1n) is 7.94. The van der Waals surface area contributed by atoms with Crippen LogP contribution in [0.25, 0.3) is 10.6 Å². The van der Waals surface area contributed by atoms with Gasteiger partial charge in [0.1, 0.15) is 10.8 Å². The lowest BCUT2D eigenvalue weighted by Gasteiger charge is -2.35. The van der Waals surface area contributed by atoms with Crippen LogP contribution in [-0.4, -0.2) is 30.6 Å². The molecule has 1 atom stereocenters. The Balaban J connectivity index is 1.59. The summed E-state index contributed by atoms with van der Waals surface area (Å²) in [5, 5.41) is 9.94. The van der Waals surface area contributed by atoms with E-state index in [1.807, 2.05) is 24.3 Å². The molecule has 0 saturated heterocycles. The number of likely N-dealkylation sites (N-methyl/N-ethyl adjacent to an activating group) is 1. The molecule has 1 aliphatic heterocycles. The third-order valence-corrected chi connectivity index (χ3v) is 5.70. The summed E-state index contributed by atoms with van der Waals surface area (Å²) in [6, 6.07) is 9.89. The number of carbonyl (C=O) groups excluding carboxylic acids is 1. The Bertz CT molecular complexity index is 876. The molecule has 1 amide bonds. The van der Waals surface area contributed by atoms with Crippen molar-refractivity contribution in [3.63, 3.8) is 0 Å². The largest absolute Gasteiger partial charge is 0.477 e. The zero-order chi connectivity index (χ0) is 17.2. The van der Waals surface area contributed by atoms with Crippen molar-refractivity contribution in [3.8, 4) is 16.3 Å². The van der Waals surface area contributed by atoms with Crippen LogP contribution in [0.3, 0.4) is 0 Å². The van der Waals surface area contributed by atoms with Crippen LogP contribution in [0.4, 0.5) is 5.69 Å². The number of thiazole rings is 1. The zero-order valence-electron chi connectivity index (χ0n) is 13.6. The van der Waals surface area contributed by atoms with Gasteiger partial charge >= 0.3 is 0 Å². The van der Waals surface area contributed by atoms with Gasteiger partial charge in [-0.3, -0.25) is 4.79 Å². The average molecular weight is 371 g/mol. The topological polar surface area (TPSA) is 54.5 Å². The predicted molar refractivity (Wildman–Crippen MR) is 101 cm³/mol. The average Bonchev–Trinajstić information content (AvgIpc) is 3.32. The van der Waals surface area contributed by atoms with Crippen molar-refractivity contribution in [2.45, 2.75) is 12.6 Å². The van der Waals surface area contributed by atoms with E-state index in [0.29, 0.717) is 13.1 Å². The molecule has 0 unspecified atom stereocenters. The van der Waals surface area contributed by atoms with Crippen molar-refractivity contribution in [1.29, 1.82) is 0 Å². The minimum Gasteiger partial charge on any atom is -0.477 e. The Morgan fingerprint density at radius 1 is 1.36 bits per heavy atom. The third kappa shape index (κ3) is 3.25. The first kappa shape index (κ1) is 16.1. The first-order valence-corrected chi connectivity index (χ1v) is 9.76. The molecule has 1 aromatic carbocycles. The summed E-state index contributed by atoms with van der Waals surface area (Å²) >= 11 is 3.32. The van der Waals surface area contributed by atoms with Crippen LogP contribution in [-0.2, 0) is 11.3 Å². The highest BCUT2D eigenvalue weighted by atomic mass is 32.1. The van der Waals surface area contributed by atoms with Crippen LogP contribution < -0.4 is 15.0 Å². The van der Waals surface area contributed by atoms with Gasteiger partial charge in [0.2, 0.25) is 0 Å². The molecule has 0 spiro atoms. The number of thiophene rings is 1. The second kappa shape index (κ2) is 6.85. The molecule has 5 nitrogen and oxygen atoms in total. The smallest absolute Gasteiger partial charge is 0.262 e. The first-order chi connectivity index (χ1) is 12.2. The van der Waals surface area contributed by atoms with E-state index in [2.05, 4.69) is 32.4 Å². The summed E-state index contributed by atoms with van der Waals surface area (Å²) in [4.78, 5) is 19.0. The molecule has 0 fully saturated rings. The second-order valence-electron chi connectivity index (χ2n) is 5.73. The molecule has 1 aliphatic rings. The van der Waals surface area contributed by atoms with E-state index < -0.39 is 6.10 Å². The van der Waals surface area contributed by atoms with Crippen LogP contribution in [0.2, 0.25) is 0 Å². The standard InChI is InChI=1S/C18H17N3O2S2/c1-19-17(22)16-9-21(14-4-2-3-5-15(14)23-16)8-13-11-25-18(20-13)12-6-7-24-10-12/h2-7,10-11,16H,8-9H2,1H3,(H,19,22)/t16-/m1/s1. The molecule has 25 heavy (non-hydrogen) atoms. The predicted octanol–water partition coefficient (Wildman–Crippen LogP) is 3.39. The van der Waals surface area contributed by atoms with Gasteiger partial charge in [-0.15, -0.1) is 11.3 Å². The second-order valence-corrected chi connectivity index (χ2v) is 7.36. The van der Waals surface area contributed by atoms with E-state index in [9.17, 15) is 4.79 Å². The summed E-state index contributed by atoms with van der Waals surface area (Å²) < 4.78 is 5.85. The van der Waals surface area contributed by atoms with Crippen molar-refractivity contribution in [3.05, 3.63) is 52.2 Å². The van der Waals surface area contributed by atoms with Crippen LogP contribution in [0.15, 0.2) is 46.5 Å². The fourth-order valence-electron chi connectivity index (χ4n) is 2.85. The van der Waals surface area contributed by atoms with E-state index in [0.717, 1.165) is 27.7 Å². The quantitative estimate of drug-likeness (QED) is 0.764. The van der Waals surface area contributed by atoms with Gasteiger partial charge in [-0.2, -0.15) is 11.3 Å². The number of nitrogens with zero attached hydrogens (tertiary/aromatic N) is 2. The van der Waals surface area contributed by atoms with Gasteiger partial charge in [0.15, 0.2) is 6.10 Å². The van der Waals surface area contributed by atoms with Gasteiger partial charge in [-0.1, -0.05) is 12.1 Å². The number of hydrogen-bond acceptors (Lipinski definition) is 6. The summed E-state index contributed by atoms with van der Waals surface area (Å²) in [5.74, 6) is 0.618. The highest BCUT2D eigenvalue weighted by Gasteiger charge is 2.30. The van der Waals surface area contributed by atoms with Crippen LogP contribution >= 0.6 is 22.7 Å². The number of ether oxygens (including phenoxy) is 1. The lowest BCUT2D eigenvalue weighted by atomic mass is 10.1. The molecule has 0 saturated carbocycles. The molecule has 0 aliphatic carbocycles. The third-order valence-electron chi connectivity index (χ3n) is 4.07. The molecule has 2 aromatic heterocycles. The van der Waals surface area contributed by atoms with Gasteiger partial charge in [-0.05, 0) is 23.6 Å². The lowest BCUT2D eigenvalue weighted by molar-refractivity contribution is -0.127. The molecule has 3 aromatic rings. The lowest BCUT2D eigenvalue weighted by Crippen LogP contribution is -2.47. The molecule has 3 heterocycles. The maximum absolute atomic E-state index is 12.1. The minimum atomic E-state index is -0.519. The van der Waals surface area contributed by atoms with E-state index in [4.69, 9.17) is 9.72 Å². The zero-order valence-corrected chi connectivity index (χ0v) is 15.3. The monoisotopic (exact) mass is 371 g/mol. The van der Waals surface area contributed by atoms with E-state index in [-0.39, 0.29) is 5.91 Å². The summed E-state index contributed by atoms with van der Waals surface area (Å²) in [6.07, 6.45) is -0.519. The maximum atomic E-state index is 12.1. The molecule has 4 rings (SSSR count). The van der Waals surface area contributed by atoms with Gasteiger partial charge < -0.3 is 15.0 Å². The number of amides is 1. The molecule has 0 radical (unpaired) electrons. The number of anilines is 1. The maximum Gasteiger partial charge on any atom is 0.262 e. The van der Waals surface area contributed by atoms with Gasteiger partial charge in [-0.25, -0.2) is 4.98 Å². The van der Waals surface area contributed by atoms with E-state index in [1.165, 1.54) is 0 Å². The normalized spacial score (nSPS) is 16.2. The summed E-state index contributed by atoms with van der Waals surface area (Å²) in [6.45, 7) is 1.15.